The minimum Gasteiger partial charge on any atom is -0.396 e. The third kappa shape index (κ3) is 1.32. The molecule has 0 bridgehead atoms. The highest BCUT2D eigenvalue weighted by molar-refractivity contribution is 5.44. The van der Waals surface area contributed by atoms with Crippen molar-refractivity contribution in [2.24, 2.45) is 0 Å². The topological polar surface area (TPSA) is 69.6 Å². The maximum atomic E-state index is 5.76. The van der Waals surface area contributed by atoms with Crippen LogP contribution in [0.5, 0.6) is 0 Å². The van der Waals surface area contributed by atoms with E-state index in [2.05, 4.69) is 15.3 Å². The predicted molar refractivity (Wildman–Crippen MR) is 52.9 cm³/mol. The number of rotatable bonds is 2. The smallest absolute Gasteiger partial charge is 0.175 e. The Kier molecular flexibility index (Phi) is 2.14. The van der Waals surface area contributed by atoms with Crippen molar-refractivity contribution in [3.8, 4) is 5.82 Å². The molecule has 0 unspecified atom stereocenters. The molecule has 0 radical (unpaired) electrons. The minimum atomic E-state index is 0.693. The molecule has 2 aromatic heterocycles. The monoisotopic (exact) mass is 189 g/mol. The average Bonchev–Trinajstić information content (AvgIpc) is 2.61. The summed E-state index contributed by atoms with van der Waals surface area (Å²) in [6.45, 7) is 2.03. The Bertz CT molecular complexity index is 420. The van der Waals surface area contributed by atoms with Crippen molar-refractivity contribution in [2.75, 3.05) is 5.73 Å². The van der Waals surface area contributed by atoms with Gasteiger partial charge < -0.3 is 5.73 Å². The van der Waals surface area contributed by atoms with Gasteiger partial charge in [0.1, 0.15) is 0 Å². The lowest BCUT2D eigenvalue weighted by molar-refractivity contribution is 0.769. The van der Waals surface area contributed by atoms with Crippen LogP contribution in [0, 0.1) is 0 Å². The van der Waals surface area contributed by atoms with Gasteiger partial charge in [0.2, 0.25) is 0 Å². The highest BCUT2D eigenvalue weighted by atomic mass is 15.3. The molecule has 5 nitrogen and oxygen atoms in total. The second kappa shape index (κ2) is 3.45. The summed E-state index contributed by atoms with van der Waals surface area (Å²) in [5.74, 6) is 0.695. The fourth-order valence-electron chi connectivity index (χ4n) is 1.34. The standard InChI is InChI=1S/C9H11N5/c1-2-8-7(10)6-12-14(8)9-4-3-5-11-13-9/h3-6H,2,10H2,1H3. The van der Waals surface area contributed by atoms with Crippen LogP contribution in [-0.2, 0) is 6.42 Å². The van der Waals surface area contributed by atoms with Gasteiger partial charge in [-0.1, -0.05) is 6.92 Å². The second-order valence-corrected chi connectivity index (χ2v) is 2.89. The molecule has 0 aliphatic rings. The van der Waals surface area contributed by atoms with Crippen LogP contribution in [0.4, 0.5) is 5.69 Å². The summed E-state index contributed by atoms with van der Waals surface area (Å²) >= 11 is 0. The first-order valence-corrected chi connectivity index (χ1v) is 4.43. The molecule has 2 rings (SSSR count). The maximum absolute atomic E-state index is 5.76. The first-order valence-electron chi connectivity index (χ1n) is 4.43. The fourth-order valence-corrected chi connectivity index (χ4v) is 1.34. The Morgan fingerprint density at radius 2 is 2.36 bits per heavy atom. The summed E-state index contributed by atoms with van der Waals surface area (Å²) in [6.07, 6.45) is 4.08. The molecular formula is C9H11N5. The van der Waals surface area contributed by atoms with Crippen molar-refractivity contribution in [1.29, 1.82) is 0 Å². The number of hydrogen-bond acceptors (Lipinski definition) is 4. The summed E-state index contributed by atoms with van der Waals surface area (Å²) in [5.41, 5.74) is 7.41. The lowest BCUT2D eigenvalue weighted by Gasteiger charge is -2.03. The van der Waals surface area contributed by atoms with E-state index in [1.165, 1.54) is 0 Å². The van der Waals surface area contributed by atoms with E-state index in [4.69, 9.17) is 5.73 Å². The number of aromatic nitrogens is 4. The molecule has 0 fully saturated rings. The number of nitrogens with zero attached hydrogens (tertiary/aromatic N) is 4. The average molecular weight is 189 g/mol. The molecule has 0 saturated carbocycles. The van der Waals surface area contributed by atoms with E-state index in [1.807, 2.05) is 19.1 Å². The van der Waals surface area contributed by atoms with E-state index < -0.39 is 0 Å². The zero-order valence-electron chi connectivity index (χ0n) is 7.88. The Balaban J connectivity index is 2.52. The van der Waals surface area contributed by atoms with E-state index in [0.29, 0.717) is 11.5 Å². The summed E-state index contributed by atoms with van der Waals surface area (Å²) < 4.78 is 1.71. The maximum Gasteiger partial charge on any atom is 0.175 e. The Hall–Kier alpha value is -1.91. The fraction of sp³-hybridized carbons (Fsp3) is 0.222. The molecular weight excluding hydrogens is 178 g/mol. The van der Waals surface area contributed by atoms with Crippen LogP contribution < -0.4 is 5.73 Å². The molecule has 0 spiro atoms. The van der Waals surface area contributed by atoms with E-state index in [0.717, 1.165) is 12.1 Å². The third-order valence-electron chi connectivity index (χ3n) is 2.01. The van der Waals surface area contributed by atoms with E-state index in [9.17, 15) is 0 Å². The van der Waals surface area contributed by atoms with Gasteiger partial charge in [-0.25, -0.2) is 4.68 Å². The zero-order chi connectivity index (χ0) is 9.97. The summed E-state index contributed by atoms with van der Waals surface area (Å²) in [5, 5.41) is 11.9. The van der Waals surface area contributed by atoms with Crippen molar-refractivity contribution < 1.29 is 0 Å². The molecule has 72 valence electrons. The first kappa shape index (κ1) is 8.68. The van der Waals surface area contributed by atoms with Gasteiger partial charge in [-0.3, -0.25) is 0 Å². The molecule has 0 aliphatic heterocycles. The van der Waals surface area contributed by atoms with Crippen molar-refractivity contribution in [2.45, 2.75) is 13.3 Å². The van der Waals surface area contributed by atoms with Crippen LogP contribution in [0.3, 0.4) is 0 Å². The van der Waals surface area contributed by atoms with Gasteiger partial charge in [-0.15, -0.1) is 5.10 Å². The summed E-state index contributed by atoms with van der Waals surface area (Å²) in [4.78, 5) is 0. The lowest BCUT2D eigenvalue weighted by Crippen LogP contribution is -2.05. The van der Waals surface area contributed by atoms with Gasteiger partial charge in [0.25, 0.3) is 0 Å². The van der Waals surface area contributed by atoms with Crippen molar-refractivity contribution in [1.82, 2.24) is 20.0 Å². The molecule has 0 aliphatic carbocycles. The van der Waals surface area contributed by atoms with E-state index in [1.54, 1.807) is 17.1 Å². The van der Waals surface area contributed by atoms with Crippen LogP contribution in [0.25, 0.3) is 5.82 Å². The van der Waals surface area contributed by atoms with Crippen molar-refractivity contribution >= 4 is 5.69 Å². The van der Waals surface area contributed by atoms with Gasteiger partial charge in [-0.05, 0) is 18.6 Å². The molecule has 2 heterocycles. The largest absolute Gasteiger partial charge is 0.396 e. The molecule has 2 N–H and O–H groups in total. The Morgan fingerprint density at radius 3 is 3.00 bits per heavy atom. The molecule has 0 saturated heterocycles. The molecule has 0 atom stereocenters. The normalized spacial score (nSPS) is 10.4. The lowest BCUT2D eigenvalue weighted by atomic mass is 10.3. The zero-order valence-corrected chi connectivity index (χ0v) is 7.88. The molecule has 5 heteroatoms. The van der Waals surface area contributed by atoms with Crippen molar-refractivity contribution in [3.05, 3.63) is 30.2 Å². The number of nitrogen functional groups attached to an aromatic ring is 1. The van der Waals surface area contributed by atoms with Crippen LogP contribution in [-0.4, -0.2) is 20.0 Å². The highest BCUT2D eigenvalue weighted by Gasteiger charge is 2.08. The summed E-state index contributed by atoms with van der Waals surface area (Å²) in [6, 6.07) is 3.66. The molecule has 0 aromatic carbocycles. The van der Waals surface area contributed by atoms with Gasteiger partial charge in [-0.2, -0.15) is 10.2 Å². The SMILES string of the molecule is CCc1c(N)cnn1-c1cccnn1. The van der Waals surface area contributed by atoms with Crippen LogP contribution >= 0.6 is 0 Å². The summed E-state index contributed by atoms with van der Waals surface area (Å²) in [7, 11) is 0. The number of nitrogens with two attached hydrogens (primary N) is 1. The van der Waals surface area contributed by atoms with Crippen molar-refractivity contribution in [3.63, 3.8) is 0 Å². The van der Waals surface area contributed by atoms with Gasteiger partial charge in [0.15, 0.2) is 5.82 Å². The predicted octanol–water partition coefficient (Wildman–Crippen LogP) is 0.807. The van der Waals surface area contributed by atoms with Crippen LogP contribution in [0.2, 0.25) is 0 Å². The molecule has 2 aromatic rings. The highest BCUT2D eigenvalue weighted by Crippen LogP contribution is 2.14. The number of anilines is 1. The van der Waals surface area contributed by atoms with Gasteiger partial charge in [0, 0.05) is 6.20 Å². The Labute approximate surface area is 81.6 Å². The first-order chi connectivity index (χ1) is 6.83. The van der Waals surface area contributed by atoms with E-state index in [-0.39, 0.29) is 0 Å². The third-order valence-corrected chi connectivity index (χ3v) is 2.01. The number of hydrogen-bond donors (Lipinski definition) is 1. The van der Waals surface area contributed by atoms with Crippen LogP contribution in [0.15, 0.2) is 24.5 Å². The van der Waals surface area contributed by atoms with E-state index >= 15 is 0 Å². The minimum absolute atomic E-state index is 0.693. The quantitative estimate of drug-likeness (QED) is 0.758. The second-order valence-electron chi connectivity index (χ2n) is 2.89. The van der Waals surface area contributed by atoms with Gasteiger partial charge in [0.05, 0.1) is 17.6 Å². The van der Waals surface area contributed by atoms with Crippen LogP contribution in [0.1, 0.15) is 12.6 Å². The van der Waals surface area contributed by atoms with Gasteiger partial charge >= 0.3 is 0 Å². The Morgan fingerprint density at radius 1 is 1.50 bits per heavy atom. The molecule has 14 heavy (non-hydrogen) atoms. The molecule has 0 amide bonds.